The van der Waals surface area contributed by atoms with Crippen LogP contribution in [0.1, 0.15) is 115 Å². The van der Waals surface area contributed by atoms with Crippen molar-refractivity contribution in [3.05, 3.63) is 52.0 Å². The quantitative estimate of drug-likeness (QED) is 0.163. The highest BCUT2D eigenvalue weighted by atomic mass is 35.5. The lowest BCUT2D eigenvalue weighted by molar-refractivity contribution is -0.127. The Morgan fingerprint density at radius 1 is 0.593 bits per heavy atom. The van der Waals surface area contributed by atoms with Gasteiger partial charge in [-0.15, -0.1) is 0 Å². The molecule has 12 heteroatoms. The van der Waals surface area contributed by atoms with Crippen LogP contribution in [0.4, 0.5) is 17.1 Å². The van der Waals surface area contributed by atoms with E-state index in [0.717, 1.165) is 30.5 Å². The molecule has 3 rings (SSSR count). The SMILES string of the molecule is CC(C)C(=O)NC1CC(C)(C)CC(C)(NC(=O)C(C)C)C1.CC(C)C(=O)Nc1cc(Cl)cc(Cl)c1.Cc1ccc(NC(=O)C(C)C)cc1NC(=O)C(C)C. The van der Waals surface area contributed by atoms with Crippen LogP contribution in [0.15, 0.2) is 36.4 Å². The predicted octanol–water partition coefficient (Wildman–Crippen LogP) is 9.64. The second-order valence-corrected chi connectivity index (χ2v) is 17.8. The molecule has 2 unspecified atom stereocenters. The highest BCUT2D eigenvalue weighted by Crippen LogP contribution is 2.41. The summed E-state index contributed by atoms with van der Waals surface area (Å²) in [5.41, 5.74) is 2.88. The molecule has 5 N–H and O–H groups in total. The van der Waals surface area contributed by atoms with E-state index in [1.165, 1.54) is 0 Å². The van der Waals surface area contributed by atoms with E-state index in [0.29, 0.717) is 21.4 Å². The first-order chi connectivity index (χ1) is 24.7. The molecule has 1 fully saturated rings. The maximum absolute atomic E-state index is 12.1. The molecular formula is C42H65Cl2N5O5. The van der Waals surface area contributed by atoms with Gasteiger partial charge in [-0.3, -0.25) is 24.0 Å². The van der Waals surface area contributed by atoms with Crippen LogP contribution in [0, 0.1) is 41.9 Å². The van der Waals surface area contributed by atoms with Crippen molar-refractivity contribution in [3.8, 4) is 0 Å². The van der Waals surface area contributed by atoms with Crippen molar-refractivity contribution in [1.82, 2.24) is 10.6 Å². The highest BCUT2D eigenvalue weighted by molar-refractivity contribution is 6.35. The monoisotopic (exact) mass is 789 g/mol. The lowest BCUT2D eigenvalue weighted by atomic mass is 9.66. The molecule has 0 radical (unpaired) electrons. The van der Waals surface area contributed by atoms with E-state index in [2.05, 4.69) is 47.4 Å². The standard InChI is InChI=1S/C17H32N2O2.C15H22N2O2.C10H11Cl2NO/c1-11(2)14(20)18-13-8-16(5,6)10-17(7,9-13)19-15(21)12(3)4;1-9(2)14(18)16-12-7-6-11(5)13(8-12)17-15(19)10(3)4;1-6(2)10(14)13-9-4-7(11)3-8(12)5-9/h11-13H,8-10H2,1-7H3,(H,18,20)(H,19,21);6-10H,1-5H3,(H,16,18)(H,17,19);3-6H,1-2H3,(H,13,14). The van der Waals surface area contributed by atoms with Gasteiger partial charge in [0, 0.05) is 68.3 Å². The van der Waals surface area contributed by atoms with Gasteiger partial charge in [-0.2, -0.15) is 0 Å². The summed E-state index contributed by atoms with van der Waals surface area (Å²) in [7, 11) is 0. The number of nitrogens with one attached hydrogen (secondary N) is 5. The van der Waals surface area contributed by atoms with Gasteiger partial charge in [0.05, 0.1) is 0 Å². The molecule has 1 saturated carbocycles. The van der Waals surface area contributed by atoms with Gasteiger partial charge in [-0.05, 0) is 74.4 Å². The van der Waals surface area contributed by atoms with E-state index in [9.17, 15) is 24.0 Å². The fourth-order valence-electron chi connectivity index (χ4n) is 5.80. The summed E-state index contributed by atoms with van der Waals surface area (Å²) in [6.07, 6.45) is 2.69. The number of rotatable bonds is 10. The van der Waals surface area contributed by atoms with Crippen molar-refractivity contribution in [1.29, 1.82) is 0 Å². The number of hydrogen-bond donors (Lipinski definition) is 5. The third kappa shape index (κ3) is 17.7. The van der Waals surface area contributed by atoms with Crippen molar-refractivity contribution >= 4 is 69.8 Å². The number of aryl methyl sites for hydroxylation is 1. The lowest BCUT2D eigenvalue weighted by Crippen LogP contribution is -2.58. The number of carbonyl (C=O) groups is 5. The molecule has 1 aliphatic carbocycles. The molecule has 2 aromatic rings. The Hall–Kier alpha value is -3.63. The largest absolute Gasteiger partial charge is 0.353 e. The number of hydrogen-bond acceptors (Lipinski definition) is 5. The Morgan fingerprint density at radius 3 is 1.50 bits per heavy atom. The van der Waals surface area contributed by atoms with Crippen LogP contribution < -0.4 is 26.6 Å². The Balaban J connectivity index is 0.000000413. The van der Waals surface area contributed by atoms with Gasteiger partial charge in [-0.25, -0.2) is 0 Å². The predicted molar refractivity (Wildman–Crippen MR) is 224 cm³/mol. The minimum absolute atomic E-state index is 0.00782. The zero-order chi connectivity index (χ0) is 41.7. The molecule has 0 aliphatic heterocycles. The summed E-state index contributed by atoms with van der Waals surface area (Å²) >= 11 is 11.6. The summed E-state index contributed by atoms with van der Waals surface area (Å²) in [4.78, 5) is 58.7. The van der Waals surface area contributed by atoms with Gasteiger partial charge in [0.15, 0.2) is 0 Å². The van der Waals surface area contributed by atoms with Gasteiger partial charge >= 0.3 is 0 Å². The van der Waals surface area contributed by atoms with Gasteiger partial charge in [0.1, 0.15) is 0 Å². The van der Waals surface area contributed by atoms with Gasteiger partial charge < -0.3 is 26.6 Å². The van der Waals surface area contributed by atoms with E-state index in [-0.39, 0.29) is 76.1 Å². The topological polar surface area (TPSA) is 146 Å². The highest BCUT2D eigenvalue weighted by Gasteiger charge is 2.42. The first-order valence-corrected chi connectivity index (χ1v) is 19.6. The number of anilines is 3. The Bertz CT molecular complexity index is 1590. The normalized spacial score (nSPS) is 17.5. The summed E-state index contributed by atoms with van der Waals surface area (Å²) in [5, 5.41) is 15.8. The van der Waals surface area contributed by atoms with Crippen LogP contribution in [-0.4, -0.2) is 41.1 Å². The molecule has 0 heterocycles. The van der Waals surface area contributed by atoms with Gasteiger partial charge in [-0.1, -0.05) is 112 Å². The molecule has 0 spiro atoms. The van der Waals surface area contributed by atoms with Crippen molar-refractivity contribution in [2.45, 2.75) is 128 Å². The summed E-state index contributed by atoms with van der Waals surface area (Å²) in [6, 6.07) is 10.6. The zero-order valence-corrected chi connectivity index (χ0v) is 36.4. The van der Waals surface area contributed by atoms with Crippen molar-refractivity contribution in [2.75, 3.05) is 16.0 Å². The van der Waals surface area contributed by atoms with Crippen LogP contribution in [0.2, 0.25) is 10.0 Å². The Labute approximate surface area is 334 Å². The van der Waals surface area contributed by atoms with E-state index in [1.54, 1.807) is 24.3 Å². The molecule has 302 valence electrons. The molecule has 5 amide bonds. The van der Waals surface area contributed by atoms with Gasteiger partial charge in [0.2, 0.25) is 29.5 Å². The fraction of sp³-hybridized carbons (Fsp3) is 0.595. The average Bonchev–Trinajstić information content (AvgIpc) is 3.01. The third-order valence-electron chi connectivity index (χ3n) is 8.65. The number of carbonyl (C=O) groups excluding carboxylic acids is 5. The van der Waals surface area contributed by atoms with Crippen molar-refractivity contribution in [3.63, 3.8) is 0 Å². The summed E-state index contributed by atoms with van der Waals surface area (Å²) < 4.78 is 0. The molecule has 54 heavy (non-hydrogen) atoms. The van der Waals surface area contributed by atoms with E-state index in [1.807, 2.05) is 88.3 Å². The smallest absolute Gasteiger partial charge is 0.226 e. The summed E-state index contributed by atoms with van der Waals surface area (Å²) in [5.74, 6) is -0.179. The second-order valence-electron chi connectivity index (χ2n) is 16.9. The van der Waals surface area contributed by atoms with E-state index in [4.69, 9.17) is 23.2 Å². The lowest BCUT2D eigenvalue weighted by Gasteiger charge is -2.47. The molecule has 2 aromatic carbocycles. The van der Waals surface area contributed by atoms with Crippen molar-refractivity contribution < 1.29 is 24.0 Å². The first kappa shape index (κ1) is 48.4. The minimum atomic E-state index is -0.252. The third-order valence-corrected chi connectivity index (χ3v) is 9.09. The Kier molecular flexibility index (Phi) is 19.2. The number of amides is 5. The number of benzene rings is 2. The van der Waals surface area contributed by atoms with Crippen LogP contribution >= 0.6 is 23.2 Å². The zero-order valence-electron chi connectivity index (χ0n) is 34.8. The minimum Gasteiger partial charge on any atom is -0.353 e. The molecule has 0 bridgehead atoms. The second kappa shape index (κ2) is 21.5. The fourth-order valence-corrected chi connectivity index (χ4v) is 6.33. The molecule has 2 atom stereocenters. The molecule has 0 aromatic heterocycles. The van der Waals surface area contributed by atoms with Crippen LogP contribution in [0.25, 0.3) is 0 Å². The number of halogens is 2. The molecular weight excluding hydrogens is 725 g/mol. The maximum Gasteiger partial charge on any atom is 0.226 e. The van der Waals surface area contributed by atoms with Crippen LogP contribution in [0.3, 0.4) is 0 Å². The van der Waals surface area contributed by atoms with E-state index >= 15 is 0 Å². The van der Waals surface area contributed by atoms with Crippen LogP contribution in [-0.2, 0) is 24.0 Å². The van der Waals surface area contributed by atoms with E-state index < -0.39 is 0 Å². The molecule has 10 nitrogen and oxygen atoms in total. The van der Waals surface area contributed by atoms with Crippen LogP contribution in [0.5, 0.6) is 0 Å². The average molecular weight is 791 g/mol. The maximum atomic E-state index is 12.1. The first-order valence-electron chi connectivity index (χ1n) is 18.9. The summed E-state index contributed by atoms with van der Waals surface area (Å²) in [6.45, 7) is 27.1. The van der Waals surface area contributed by atoms with Gasteiger partial charge in [0.25, 0.3) is 0 Å². The Morgan fingerprint density at radius 2 is 1.04 bits per heavy atom. The molecule has 0 saturated heterocycles. The molecule has 1 aliphatic rings. The van der Waals surface area contributed by atoms with Crippen molar-refractivity contribution in [2.24, 2.45) is 35.0 Å².